The molecular formula is C18H13Cl3N2O4S. The Morgan fingerprint density at radius 3 is 2.36 bits per heavy atom. The molecule has 3 aromatic rings. The molecule has 0 aliphatic rings. The number of sulfone groups is 1. The highest BCUT2D eigenvalue weighted by Gasteiger charge is 2.18. The minimum absolute atomic E-state index is 0.0276. The summed E-state index contributed by atoms with van der Waals surface area (Å²) in [5.41, 5.74) is 1.91. The molecule has 0 amide bonds. The van der Waals surface area contributed by atoms with Crippen molar-refractivity contribution < 1.29 is 17.9 Å². The molecule has 0 bridgehead atoms. The topological polar surface area (TPSA) is 78.3 Å². The van der Waals surface area contributed by atoms with E-state index in [1.54, 1.807) is 34.9 Å². The van der Waals surface area contributed by atoms with Crippen LogP contribution >= 0.6 is 34.8 Å². The van der Waals surface area contributed by atoms with Gasteiger partial charge in [-0.25, -0.2) is 13.4 Å². The number of ether oxygens (including phenoxy) is 1. The summed E-state index contributed by atoms with van der Waals surface area (Å²) in [6.45, 7) is 1.14. The molecule has 0 saturated carbocycles. The first-order valence-corrected chi connectivity index (χ1v) is 10.6. The lowest BCUT2D eigenvalue weighted by atomic mass is 10.1. The molecule has 28 heavy (non-hydrogen) atoms. The number of halogens is 3. The molecule has 3 rings (SSSR count). The third kappa shape index (κ3) is 4.33. The minimum atomic E-state index is -3.75. The third-order valence-electron chi connectivity index (χ3n) is 3.81. The van der Waals surface area contributed by atoms with Crippen molar-refractivity contribution in [1.29, 1.82) is 0 Å². The Labute approximate surface area is 176 Å². The molecule has 0 unspecified atom stereocenters. The number of rotatable bonds is 5. The highest BCUT2D eigenvalue weighted by Crippen LogP contribution is 2.33. The molecule has 0 aliphatic heterocycles. The average molecular weight is 460 g/mol. The number of benzene rings is 2. The van der Waals surface area contributed by atoms with E-state index in [2.05, 4.69) is 9.72 Å². The number of carbonyl (C=O) groups excluding carboxylic acids is 1. The smallest absolute Gasteiger partial charge is 0.303 e. The molecule has 0 fully saturated rings. The second kappa shape index (κ2) is 8.13. The zero-order valence-electron chi connectivity index (χ0n) is 14.4. The van der Waals surface area contributed by atoms with Crippen LogP contribution in [0.4, 0.5) is 0 Å². The van der Waals surface area contributed by atoms with Crippen molar-refractivity contribution in [2.45, 2.75) is 11.8 Å². The largest absolute Gasteiger partial charge is 0.449 e. The molecule has 2 aromatic carbocycles. The van der Waals surface area contributed by atoms with Crippen LogP contribution in [0.25, 0.3) is 16.9 Å². The van der Waals surface area contributed by atoms with Gasteiger partial charge in [0, 0.05) is 18.2 Å². The fraction of sp³-hybridized carbons (Fsp3) is 0.111. The van der Waals surface area contributed by atoms with Crippen molar-refractivity contribution in [3.8, 4) is 16.9 Å². The molecule has 146 valence electrons. The molecule has 0 saturated heterocycles. The van der Waals surface area contributed by atoms with Gasteiger partial charge in [-0.2, -0.15) is 0 Å². The molecule has 6 nitrogen and oxygen atoms in total. The number of imidazole rings is 1. The Kier molecular flexibility index (Phi) is 6.00. The highest BCUT2D eigenvalue weighted by atomic mass is 35.5. The van der Waals surface area contributed by atoms with Crippen LogP contribution in [0.15, 0.2) is 53.7 Å². The second-order valence-corrected chi connectivity index (χ2v) is 8.85. The SMILES string of the molecule is CC(=O)OCS(=O)(=O)c1ccc(-n2cnc(Cl)c2-c2ccc(Cl)c(Cl)c2)cc1. The summed E-state index contributed by atoms with van der Waals surface area (Å²) in [6, 6.07) is 11.1. The number of nitrogens with zero attached hydrogens (tertiary/aromatic N) is 2. The van der Waals surface area contributed by atoms with Crippen LogP contribution in [0, 0.1) is 0 Å². The first kappa shape index (κ1) is 20.7. The number of carbonyl (C=O) groups is 1. The maximum Gasteiger partial charge on any atom is 0.303 e. The Morgan fingerprint density at radius 1 is 1.07 bits per heavy atom. The van der Waals surface area contributed by atoms with Gasteiger partial charge in [0.1, 0.15) is 6.33 Å². The van der Waals surface area contributed by atoms with Gasteiger partial charge < -0.3 is 4.74 Å². The maximum absolute atomic E-state index is 12.2. The summed E-state index contributed by atoms with van der Waals surface area (Å²) in [5.74, 6) is -1.38. The number of hydrogen-bond acceptors (Lipinski definition) is 5. The van der Waals surface area contributed by atoms with E-state index < -0.39 is 21.7 Å². The van der Waals surface area contributed by atoms with Crippen LogP contribution in [-0.4, -0.2) is 29.9 Å². The number of aromatic nitrogens is 2. The maximum atomic E-state index is 12.2. The predicted octanol–water partition coefficient (Wildman–Crippen LogP) is 4.79. The molecule has 10 heteroatoms. The van der Waals surface area contributed by atoms with E-state index in [-0.39, 0.29) is 10.0 Å². The Bertz CT molecular complexity index is 1140. The predicted molar refractivity (Wildman–Crippen MR) is 108 cm³/mol. The van der Waals surface area contributed by atoms with Crippen molar-refractivity contribution >= 4 is 50.6 Å². The second-order valence-electron chi connectivity index (χ2n) is 5.75. The molecule has 0 atom stereocenters. The van der Waals surface area contributed by atoms with Gasteiger partial charge in [0.25, 0.3) is 0 Å². The quantitative estimate of drug-likeness (QED) is 0.512. The monoisotopic (exact) mass is 458 g/mol. The summed E-state index contributed by atoms with van der Waals surface area (Å²) >= 11 is 18.3. The fourth-order valence-electron chi connectivity index (χ4n) is 2.47. The first-order valence-electron chi connectivity index (χ1n) is 7.84. The van der Waals surface area contributed by atoms with Gasteiger partial charge in [0.15, 0.2) is 11.1 Å². The lowest BCUT2D eigenvalue weighted by molar-refractivity contribution is -0.138. The molecular weight excluding hydrogens is 447 g/mol. The molecule has 0 spiro atoms. The lowest BCUT2D eigenvalue weighted by Crippen LogP contribution is -2.12. The molecule has 1 aromatic heterocycles. The summed E-state index contributed by atoms with van der Waals surface area (Å²) in [6.07, 6.45) is 1.52. The summed E-state index contributed by atoms with van der Waals surface area (Å²) < 4.78 is 30.7. The molecule has 0 N–H and O–H groups in total. The summed E-state index contributed by atoms with van der Waals surface area (Å²) in [4.78, 5) is 15.0. The van der Waals surface area contributed by atoms with Crippen LogP contribution in [-0.2, 0) is 19.4 Å². The standard InChI is InChI=1S/C18H13Cl3N2O4S/c1-11(24)27-10-28(25,26)14-5-3-13(4-6-14)23-9-22-18(21)17(23)12-2-7-15(19)16(20)8-12/h2-9H,10H2,1H3. The average Bonchev–Trinajstić information content (AvgIpc) is 3.04. The number of esters is 1. The van der Waals surface area contributed by atoms with Gasteiger partial charge in [0.05, 0.1) is 20.6 Å². The Balaban J connectivity index is 1.97. The van der Waals surface area contributed by atoms with Gasteiger partial charge in [-0.15, -0.1) is 0 Å². The van der Waals surface area contributed by atoms with Crippen LogP contribution in [0.1, 0.15) is 6.92 Å². The highest BCUT2D eigenvalue weighted by molar-refractivity contribution is 7.91. The van der Waals surface area contributed by atoms with E-state index in [0.29, 0.717) is 27.0 Å². The van der Waals surface area contributed by atoms with Gasteiger partial charge >= 0.3 is 5.97 Å². The molecule has 0 radical (unpaired) electrons. The number of hydrogen-bond donors (Lipinski definition) is 0. The Hall–Kier alpha value is -2.06. The molecule has 1 heterocycles. The fourth-order valence-corrected chi connectivity index (χ4v) is 4.02. The van der Waals surface area contributed by atoms with Crippen LogP contribution in [0.3, 0.4) is 0 Å². The van der Waals surface area contributed by atoms with E-state index in [9.17, 15) is 13.2 Å². The van der Waals surface area contributed by atoms with Crippen LogP contribution < -0.4 is 0 Å². The lowest BCUT2D eigenvalue weighted by Gasteiger charge is -2.11. The molecule has 0 aliphatic carbocycles. The van der Waals surface area contributed by atoms with Gasteiger partial charge in [-0.1, -0.05) is 40.9 Å². The van der Waals surface area contributed by atoms with E-state index in [0.717, 1.165) is 6.92 Å². The van der Waals surface area contributed by atoms with Crippen LogP contribution in [0.2, 0.25) is 15.2 Å². The van der Waals surface area contributed by atoms with E-state index in [1.807, 2.05) is 0 Å². The summed E-state index contributed by atoms with van der Waals surface area (Å²) in [5, 5.41) is 1.04. The summed E-state index contributed by atoms with van der Waals surface area (Å²) in [7, 11) is -3.75. The van der Waals surface area contributed by atoms with Crippen molar-refractivity contribution in [1.82, 2.24) is 9.55 Å². The van der Waals surface area contributed by atoms with E-state index in [1.165, 1.54) is 18.5 Å². The Morgan fingerprint density at radius 2 is 1.75 bits per heavy atom. The minimum Gasteiger partial charge on any atom is -0.449 e. The normalized spacial score (nSPS) is 11.4. The van der Waals surface area contributed by atoms with Gasteiger partial charge in [-0.05, 0) is 36.4 Å². The van der Waals surface area contributed by atoms with Crippen molar-refractivity contribution in [2.75, 3.05) is 5.94 Å². The van der Waals surface area contributed by atoms with Crippen molar-refractivity contribution in [3.63, 3.8) is 0 Å². The van der Waals surface area contributed by atoms with Crippen molar-refractivity contribution in [3.05, 3.63) is 64.0 Å². The van der Waals surface area contributed by atoms with Gasteiger partial charge in [-0.3, -0.25) is 9.36 Å². The zero-order chi connectivity index (χ0) is 20.5. The van der Waals surface area contributed by atoms with Gasteiger partial charge in [0.2, 0.25) is 9.84 Å². The van der Waals surface area contributed by atoms with E-state index >= 15 is 0 Å². The van der Waals surface area contributed by atoms with Crippen molar-refractivity contribution in [2.24, 2.45) is 0 Å². The van der Waals surface area contributed by atoms with Crippen LogP contribution in [0.5, 0.6) is 0 Å². The van der Waals surface area contributed by atoms with E-state index in [4.69, 9.17) is 34.8 Å². The first-order chi connectivity index (χ1) is 13.2. The third-order valence-corrected chi connectivity index (χ3v) is 6.24. The zero-order valence-corrected chi connectivity index (χ0v) is 17.5.